The van der Waals surface area contributed by atoms with E-state index in [1.54, 1.807) is 30.3 Å². The van der Waals surface area contributed by atoms with Crippen LogP contribution < -0.4 is 15.4 Å². The molecule has 2 N–H and O–H groups in total. The molecule has 0 amide bonds. The fraction of sp³-hybridized carbons (Fsp3) is 0.360. The highest BCUT2D eigenvalue weighted by molar-refractivity contribution is 5.63. The van der Waals surface area contributed by atoms with Crippen molar-refractivity contribution in [1.29, 1.82) is 0 Å². The standard InChI is InChI=1S/C25H29F3N4O/c1-4-5-7-18-8-6-9-20(14-18)30-23-22(25(26,27)28)15-29-24(32-23)31-19-10-12-21(13-11-19)33-16-17(2)3/h6,8-15,17H,4-5,7,16H2,1-3H3,(H2,29,30,31,32). The van der Waals surface area contributed by atoms with Crippen molar-refractivity contribution in [1.82, 2.24) is 9.97 Å². The van der Waals surface area contributed by atoms with Gasteiger partial charge in [0.1, 0.15) is 17.1 Å². The summed E-state index contributed by atoms with van der Waals surface area (Å²) in [4.78, 5) is 7.99. The van der Waals surface area contributed by atoms with Crippen molar-refractivity contribution < 1.29 is 17.9 Å². The number of anilines is 4. The lowest BCUT2D eigenvalue weighted by Crippen LogP contribution is -2.12. The van der Waals surface area contributed by atoms with E-state index >= 15 is 0 Å². The van der Waals surface area contributed by atoms with Gasteiger partial charge in [0.2, 0.25) is 5.95 Å². The smallest absolute Gasteiger partial charge is 0.421 e. The molecule has 0 atom stereocenters. The second kappa shape index (κ2) is 11.0. The Morgan fingerprint density at radius 1 is 1.00 bits per heavy atom. The predicted octanol–water partition coefficient (Wildman–Crippen LogP) is 7.36. The average molecular weight is 459 g/mol. The predicted molar refractivity (Wildman–Crippen MR) is 125 cm³/mol. The van der Waals surface area contributed by atoms with Crippen LogP contribution in [0.5, 0.6) is 5.75 Å². The fourth-order valence-electron chi connectivity index (χ4n) is 3.09. The van der Waals surface area contributed by atoms with Gasteiger partial charge in [-0.05, 0) is 60.7 Å². The van der Waals surface area contributed by atoms with E-state index in [0.29, 0.717) is 29.6 Å². The molecule has 8 heteroatoms. The summed E-state index contributed by atoms with van der Waals surface area (Å²) in [7, 11) is 0. The average Bonchev–Trinajstić information content (AvgIpc) is 2.77. The first-order valence-electron chi connectivity index (χ1n) is 11.0. The second-order valence-electron chi connectivity index (χ2n) is 8.24. The number of halogens is 3. The van der Waals surface area contributed by atoms with Crippen LogP contribution in [0.1, 0.15) is 44.7 Å². The molecule has 3 aromatic rings. The number of alkyl halides is 3. The molecule has 1 heterocycles. The van der Waals surface area contributed by atoms with E-state index < -0.39 is 11.7 Å². The van der Waals surface area contributed by atoms with Crippen LogP contribution in [0.4, 0.5) is 36.3 Å². The Kier molecular flexibility index (Phi) is 8.14. The lowest BCUT2D eigenvalue weighted by Gasteiger charge is -2.15. The zero-order valence-electron chi connectivity index (χ0n) is 19.0. The molecule has 5 nitrogen and oxygen atoms in total. The van der Waals surface area contributed by atoms with Crippen molar-refractivity contribution >= 4 is 23.1 Å². The van der Waals surface area contributed by atoms with Crippen LogP contribution in [-0.2, 0) is 12.6 Å². The van der Waals surface area contributed by atoms with Crippen LogP contribution in [0.25, 0.3) is 0 Å². The van der Waals surface area contributed by atoms with Gasteiger partial charge in [-0.2, -0.15) is 18.2 Å². The molecule has 33 heavy (non-hydrogen) atoms. The third kappa shape index (κ3) is 7.37. The number of rotatable bonds is 10. The van der Waals surface area contributed by atoms with E-state index in [9.17, 15) is 13.2 Å². The first kappa shape index (κ1) is 24.4. The van der Waals surface area contributed by atoms with Crippen LogP contribution in [0.15, 0.2) is 54.7 Å². The highest BCUT2D eigenvalue weighted by atomic mass is 19.4. The Morgan fingerprint density at radius 2 is 1.76 bits per heavy atom. The number of ether oxygens (including phenoxy) is 1. The molecule has 2 aromatic carbocycles. The maximum absolute atomic E-state index is 13.6. The summed E-state index contributed by atoms with van der Waals surface area (Å²) in [5.74, 6) is 0.877. The highest BCUT2D eigenvalue weighted by Gasteiger charge is 2.35. The van der Waals surface area contributed by atoms with Gasteiger partial charge in [-0.1, -0.05) is 39.3 Å². The minimum atomic E-state index is -4.59. The van der Waals surface area contributed by atoms with E-state index in [2.05, 4.69) is 41.4 Å². The SMILES string of the molecule is CCCCc1cccc(Nc2nc(Nc3ccc(OCC(C)C)cc3)ncc2C(F)(F)F)c1. The van der Waals surface area contributed by atoms with Crippen molar-refractivity contribution in [2.45, 2.75) is 46.2 Å². The fourth-order valence-corrected chi connectivity index (χ4v) is 3.09. The molecular weight excluding hydrogens is 429 g/mol. The summed E-state index contributed by atoms with van der Waals surface area (Å²) < 4.78 is 46.4. The van der Waals surface area contributed by atoms with Gasteiger partial charge in [0.15, 0.2) is 0 Å². The molecule has 0 unspecified atom stereocenters. The first-order valence-corrected chi connectivity index (χ1v) is 11.0. The topological polar surface area (TPSA) is 59.1 Å². The van der Waals surface area contributed by atoms with E-state index in [0.717, 1.165) is 31.0 Å². The summed E-state index contributed by atoms with van der Waals surface area (Å²) >= 11 is 0. The summed E-state index contributed by atoms with van der Waals surface area (Å²) in [6, 6.07) is 14.5. The van der Waals surface area contributed by atoms with Crippen molar-refractivity contribution in [2.75, 3.05) is 17.2 Å². The minimum Gasteiger partial charge on any atom is -0.493 e. The number of hydrogen-bond donors (Lipinski definition) is 2. The monoisotopic (exact) mass is 458 g/mol. The Labute approximate surface area is 192 Å². The Hall–Kier alpha value is -3.29. The summed E-state index contributed by atoms with van der Waals surface area (Å²) in [6.07, 6.45) is -0.873. The van der Waals surface area contributed by atoms with Gasteiger partial charge in [-0.25, -0.2) is 4.98 Å². The molecule has 0 fully saturated rings. The van der Waals surface area contributed by atoms with Gasteiger partial charge in [0.05, 0.1) is 6.61 Å². The van der Waals surface area contributed by atoms with Crippen LogP contribution in [0.3, 0.4) is 0 Å². The summed E-state index contributed by atoms with van der Waals surface area (Å²) in [5, 5.41) is 5.78. The minimum absolute atomic E-state index is 0.0588. The van der Waals surface area contributed by atoms with Gasteiger partial charge in [-0.3, -0.25) is 0 Å². The van der Waals surface area contributed by atoms with E-state index in [-0.39, 0.29) is 11.8 Å². The molecule has 0 aliphatic carbocycles. The molecule has 0 aliphatic rings. The largest absolute Gasteiger partial charge is 0.493 e. The molecule has 0 bridgehead atoms. The molecule has 0 radical (unpaired) electrons. The molecule has 176 valence electrons. The van der Waals surface area contributed by atoms with Crippen molar-refractivity contribution in [2.24, 2.45) is 5.92 Å². The first-order chi connectivity index (χ1) is 15.7. The number of aromatic nitrogens is 2. The number of aryl methyl sites for hydroxylation is 1. The number of nitrogens with one attached hydrogen (secondary N) is 2. The quantitative estimate of drug-likeness (QED) is 0.332. The van der Waals surface area contributed by atoms with Crippen LogP contribution in [-0.4, -0.2) is 16.6 Å². The number of nitrogens with zero attached hydrogens (tertiary/aromatic N) is 2. The Bertz CT molecular complexity index is 1040. The molecular formula is C25H29F3N4O. The Morgan fingerprint density at radius 3 is 2.42 bits per heavy atom. The van der Waals surface area contributed by atoms with E-state index in [1.807, 2.05) is 18.2 Å². The molecule has 3 rings (SSSR count). The maximum Gasteiger partial charge on any atom is 0.421 e. The van der Waals surface area contributed by atoms with Crippen molar-refractivity contribution in [3.63, 3.8) is 0 Å². The highest BCUT2D eigenvalue weighted by Crippen LogP contribution is 2.35. The second-order valence-corrected chi connectivity index (χ2v) is 8.24. The number of unbranched alkanes of at least 4 members (excludes halogenated alkanes) is 1. The molecule has 1 aromatic heterocycles. The molecule has 0 aliphatic heterocycles. The van der Waals surface area contributed by atoms with Crippen LogP contribution >= 0.6 is 0 Å². The van der Waals surface area contributed by atoms with Gasteiger partial charge in [0, 0.05) is 17.6 Å². The molecule has 0 saturated heterocycles. The van der Waals surface area contributed by atoms with Gasteiger partial charge in [0.25, 0.3) is 0 Å². The third-order valence-corrected chi connectivity index (χ3v) is 4.80. The van der Waals surface area contributed by atoms with Gasteiger partial charge >= 0.3 is 6.18 Å². The summed E-state index contributed by atoms with van der Waals surface area (Å²) in [5.41, 5.74) is 1.32. The lowest BCUT2D eigenvalue weighted by molar-refractivity contribution is -0.137. The van der Waals surface area contributed by atoms with Crippen LogP contribution in [0.2, 0.25) is 0 Å². The zero-order chi connectivity index (χ0) is 23.8. The van der Waals surface area contributed by atoms with Crippen molar-refractivity contribution in [3.05, 3.63) is 65.9 Å². The summed E-state index contributed by atoms with van der Waals surface area (Å²) in [6.45, 7) is 6.82. The maximum atomic E-state index is 13.6. The van der Waals surface area contributed by atoms with E-state index in [4.69, 9.17) is 4.74 Å². The zero-order valence-corrected chi connectivity index (χ0v) is 19.0. The third-order valence-electron chi connectivity index (χ3n) is 4.80. The lowest BCUT2D eigenvalue weighted by atomic mass is 10.1. The van der Waals surface area contributed by atoms with Gasteiger partial charge in [-0.15, -0.1) is 0 Å². The number of benzene rings is 2. The molecule has 0 saturated carbocycles. The van der Waals surface area contributed by atoms with Gasteiger partial charge < -0.3 is 15.4 Å². The van der Waals surface area contributed by atoms with E-state index in [1.165, 1.54) is 0 Å². The Balaban J connectivity index is 1.80. The number of hydrogen-bond acceptors (Lipinski definition) is 5. The van der Waals surface area contributed by atoms with Crippen molar-refractivity contribution in [3.8, 4) is 5.75 Å². The normalized spacial score (nSPS) is 11.5. The molecule has 0 spiro atoms. The van der Waals surface area contributed by atoms with Crippen LogP contribution in [0, 0.1) is 5.92 Å².